The Bertz CT molecular complexity index is 454. The number of nitrogens with two attached hydrogens (primary N) is 1. The van der Waals surface area contributed by atoms with Crippen LogP contribution in [0.4, 0.5) is 11.6 Å². The third-order valence-corrected chi connectivity index (χ3v) is 3.59. The van der Waals surface area contributed by atoms with Crippen molar-refractivity contribution in [2.75, 3.05) is 5.43 Å². The molecule has 18 heavy (non-hydrogen) atoms. The van der Waals surface area contributed by atoms with Crippen molar-refractivity contribution in [2.45, 2.75) is 37.2 Å². The van der Waals surface area contributed by atoms with Crippen LogP contribution in [-0.2, 0) is 0 Å². The van der Waals surface area contributed by atoms with Crippen LogP contribution in [-0.4, -0.2) is 31.4 Å². The number of thioether (sulfide) groups is 1. The molecule has 100 valence electrons. The number of anilines is 1. The minimum Gasteiger partial charge on any atom is -0.392 e. The Labute approximate surface area is 108 Å². The number of nitro groups is 1. The minimum absolute atomic E-state index is 0.110. The van der Waals surface area contributed by atoms with Crippen molar-refractivity contribution in [1.82, 2.24) is 9.97 Å². The fourth-order valence-electron chi connectivity index (χ4n) is 1.17. The number of rotatable bonds is 5. The van der Waals surface area contributed by atoms with Gasteiger partial charge in [-0.2, -0.15) is 4.98 Å². The van der Waals surface area contributed by atoms with E-state index in [9.17, 15) is 15.2 Å². The smallest absolute Gasteiger partial charge is 0.322 e. The predicted molar refractivity (Wildman–Crippen MR) is 68.2 cm³/mol. The SMILES string of the molecule is Cc1nc(NN)nc(SC(C)C(C)O)c1[N+](=O)[O-]. The summed E-state index contributed by atoms with van der Waals surface area (Å²) in [6.45, 7) is 4.88. The molecule has 1 aromatic heterocycles. The van der Waals surface area contributed by atoms with Crippen LogP contribution >= 0.6 is 11.8 Å². The quantitative estimate of drug-likeness (QED) is 0.237. The van der Waals surface area contributed by atoms with E-state index in [1.807, 2.05) is 0 Å². The number of nitrogens with zero attached hydrogens (tertiary/aromatic N) is 3. The van der Waals surface area contributed by atoms with E-state index in [1.165, 1.54) is 6.92 Å². The molecule has 0 aromatic carbocycles. The summed E-state index contributed by atoms with van der Waals surface area (Å²) < 4.78 is 0. The van der Waals surface area contributed by atoms with E-state index in [-0.39, 0.29) is 27.6 Å². The summed E-state index contributed by atoms with van der Waals surface area (Å²) in [4.78, 5) is 18.3. The molecule has 0 fully saturated rings. The highest BCUT2D eigenvalue weighted by molar-refractivity contribution is 8.00. The number of aliphatic hydroxyl groups excluding tert-OH is 1. The van der Waals surface area contributed by atoms with E-state index in [0.29, 0.717) is 0 Å². The topological polar surface area (TPSA) is 127 Å². The standard InChI is InChI=1S/C9H15N5O3S/c1-4-7(14(16)17)8(12-9(11-4)13-10)18-6(3)5(2)15/h5-6,15H,10H2,1-3H3,(H,11,12,13). The van der Waals surface area contributed by atoms with Crippen LogP contribution < -0.4 is 11.3 Å². The average Bonchev–Trinajstić information content (AvgIpc) is 2.27. The van der Waals surface area contributed by atoms with Gasteiger partial charge in [-0.25, -0.2) is 10.8 Å². The Balaban J connectivity index is 3.21. The number of hydrazine groups is 1. The van der Waals surface area contributed by atoms with Crippen LogP contribution in [0.2, 0.25) is 0 Å². The molecule has 0 saturated carbocycles. The summed E-state index contributed by atoms with van der Waals surface area (Å²) in [5.74, 6) is 5.31. The maximum absolute atomic E-state index is 11.0. The first-order chi connectivity index (χ1) is 8.36. The number of aryl methyl sites for hydroxylation is 1. The van der Waals surface area contributed by atoms with Crippen LogP contribution in [0.25, 0.3) is 0 Å². The number of hydrogen-bond donors (Lipinski definition) is 3. The maximum Gasteiger partial charge on any atom is 0.322 e. The second-order valence-corrected chi connectivity index (χ2v) is 5.12. The van der Waals surface area contributed by atoms with Crippen molar-refractivity contribution < 1.29 is 10.0 Å². The number of hydrogen-bond acceptors (Lipinski definition) is 8. The first-order valence-electron chi connectivity index (χ1n) is 5.21. The van der Waals surface area contributed by atoms with Gasteiger partial charge in [0, 0.05) is 5.25 Å². The van der Waals surface area contributed by atoms with Crippen LogP contribution in [0.5, 0.6) is 0 Å². The van der Waals surface area contributed by atoms with Crippen molar-refractivity contribution in [1.29, 1.82) is 0 Å². The monoisotopic (exact) mass is 273 g/mol. The first-order valence-corrected chi connectivity index (χ1v) is 6.09. The van der Waals surface area contributed by atoms with Crippen LogP contribution in [0.15, 0.2) is 5.03 Å². The zero-order valence-electron chi connectivity index (χ0n) is 10.2. The summed E-state index contributed by atoms with van der Waals surface area (Å²) >= 11 is 1.11. The van der Waals surface area contributed by atoms with Gasteiger partial charge in [0.1, 0.15) is 5.69 Å². The number of aromatic nitrogens is 2. The van der Waals surface area contributed by atoms with Gasteiger partial charge in [-0.3, -0.25) is 15.5 Å². The van der Waals surface area contributed by atoms with E-state index >= 15 is 0 Å². The molecule has 1 aromatic rings. The second kappa shape index (κ2) is 5.94. The van der Waals surface area contributed by atoms with Crippen molar-refractivity contribution in [3.8, 4) is 0 Å². The molecule has 8 nitrogen and oxygen atoms in total. The van der Waals surface area contributed by atoms with Crippen LogP contribution in [0.3, 0.4) is 0 Å². The van der Waals surface area contributed by atoms with E-state index < -0.39 is 11.0 Å². The van der Waals surface area contributed by atoms with Crippen LogP contribution in [0, 0.1) is 17.0 Å². The minimum atomic E-state index is -0.612. The number of nitrogens with one attached hydrogen (secondary N) is 1. The molecule has 0 bridgehead atoms. The highest BCUT2D eigenvalue weighted by Crippen LogP contribution is 2.33. The van der Waals surface area contributed by atoms with Gasteiger partial charge in [-0.1, -0.05) is 18.7 Å². The zero-order valence-corrected chi connectivity index (χ0v) is 11.1. The van der Waals surface area contributed by atoms with Gasteiger partial charge >= 0.3 is 5.69 Å². The lowest BCUT2D eigenvalue weighted by atomic mass is 10.3. The third-order valence-electron chi connectivity index (χ3n) is 2.31. The highest BCUT2D eigenvalue weighted by atomic mass is 32.2. The van der Waals surface area contributed by atoms with Gasteiger partial charge < -0.3 is 5.11 Å². The molecule has 1 heterocycles. The molecule has 1 rings (SSSR count). The first kappa shape index (κ1) is 14.6. The molecule has 0 spiro atoms. The summed E-state index contributed by atoms with van der Waals surface area (Å²) in [6.07, 6.45) is -0.612. The fraction of sp³-hybridized carbons (Fsp3) is 0.556. The van der Waals surface area contributed by atoms with Crippen molar-refractivity contribution in [3.63, 3.8) is 0 Å². The lowest BCUT2D eigenvalue weighted by Crippen LogP contribution is -2.17. The van der Waals surface area contributed by atoms with E-state index in [1.54, 1.807) is 13.8 Å². The Morgan fingerprint density at radius 3 is 2.56 bits per heavy atom. The molecule has 9 heteroatoms. The molecule has 0 aliphatic carbocycles. The van der Waals surface area contributed by atoms with Gasteiger partial charge in [0.2, 0.25) is 5.95 Å². The van der Waals surface area contributed by atoms with E-state index in [4.69, 9.17) is 5.84 Å². The van der Waals surface area contributed by atoms with Gasteiger partial charge in [0.05, 0.1) is 11.0 Å². The molecule has 0 aliphatic rings. The van der Waals surface area contributed by atoms with Gasteiger partial charge in [0.25, 0.3) is 0 Å². The average molecular weight is 273 g/mol. The summed E-state index contributed by atoms with van der Waals surface area (Å²) in [6, 6.07) is 0. The predicted octanol–water partition coefficient (Wildman–Crippen LogP) is 0.840. The molecule has 2 unspecified atom stereocenters. The summed E-state index contributed by atoms with van der Waals surface area (Å²) in [7, 11) is 0. The lowest BCUT2D eigenvalue weighted by molar-refractivity contribution is -0.389. The Hall–Kier alpha value is -1.45. The maximum atomic E-state index is 11.0. The molecule has 0 saturated heterocycles. The lowest BCUT2D eigenvalue weighted by Gasteiger charge is -2.14. The largest absolute Gasteiger partial charge is 0.392 e. The normalized spacial score (nSPS) is 14.1. The van der Waals surface area contributed by atoms with Crippen molar-refractivity contribution in [3.05, 3.63) is 15.8 Å². The molecular weight excluding hydrogens is 258 g/mol. The van der Waals surface area contributed by atoms with E-state index in [2.05, 4.69) is 15.4 Å². The third kappa shape index (κ3) is 3.28. The molecule has 0 amide bonds. The van der Waals surface area contributed by atoms with Crippen molar-refractivity contribution >= 4 is 23.4 Å². The van der Waals surface area contributed by atoms with Gasteiger partial charge in [-0.15, -0.1) is 0 Å². The second-order valence-electron chi connectivity index (χ2n) is 3.75. The Morgan fingerprint density at radius 1 is 1.50 bits per heavy atom. The van der Waals surface area contributed by atoms with Crippen LogP contribution in [0.1, 0.15) is 19.5 Å². The molecule has 0 radical (unpaired) electrons. The zero-order chi connectivity index (χ0) is 13.9. The number of aliphatic hydroxyl groups is 1. The summed E-state index contributed by atoms with van der Waals surface area (Å²) in [5, 5.41) is 20.4. The van der Waals surface area contributed by atoms with Crippen molar-refractivity contribution in [2.24, 2.45) is 5.84 Å². The van der Waals surface area contributed by atoms with Gasteiger partial charge in [-0.05, 0) is 13.8 Å². The number of nitrogen functional groups attached to an aromatic ring is 1. The Morgan fingerprint density at radius 2 is 2.11 bits per heavy atom. The highest BCUT2D eigenvalue weighted by Gasteiger charge is 2.25. The molecule has 2 atom stereocenters. The molecular formula is C9H15N5O3S. The fourth-order valence-corrected chi connectivity index (χ4v) is 2.19. The Kier molecular flexibility index (Phi) is 4.82. The molecule has 4 N–H and O–H groups in total. The van der Waals surface area contributed by atoms with Gasteiger partial charge in [0.15, 0.2) is 5.03 Å². The molecule has 0 aliphatic heterocycles. The van der Waals surface area contributed by atoms with E-state index in [0.717, 1.165) is 11.8 Å². The summed E-state index contributed by atoms with van der Waals surface area (Å²) in [5.41, 5.74) is 2.32.